The zero-order chi connectivity index (χ0) is 17.6. The fourth-order valence-corrected chi connectivity index (χ4v) is 3.09. The molecule has 1 amide bonds. The minimum atomic E-state index is -0.447. The number of halogens is 2. The second kappa shape index (κ2) is 9.43. The number of carbonyl (C=O) groups is 1. The van der Waals surface area contributed by atoms with E-state index in [0.29, 0.717) is 17.8 Å². The van der Waals surface area contributed by atoms with E-state index in [1.807, 2.05) is 24.3 Å². The van der Waals surface area contributed by atoms with E-state index in [1.165, 1.54) is 6.07 Å². The number of nitrogen functional groups attached to an aromatic ring is 1. The lowest BCUT2D eigenvalue weighted by molar-refractivity contribution is -0.116. The summed E-state index contributed by atoms with van der Waals surface area (Å²) in [6.07, 6.45) is 5.14. The van der Waals surface area contributed by atoms with Crippen molar-refractivity contribution < 1.29 is 13.9 Å². The van der Waals surface area contributed by atoms with Crippen molar-refractivity contribution in [3.8, 4) is 5.75 Å². The lowest BCUT2D eigenvalue weighted by Crippen LogP contribution is -2.14. The van der Waals surface area contributed by atoms with Gasteiger partial charge in [-0.25, -0.2) is 4.39 Å². The van der Waals surface area contributed by atoms with Crippen molar-refractivity contribution in [1.29, 1.82) is 0 Å². The number of nitrogens with two attached hydrogens (primary N) is 1. The van der Waals surface area contributed by atoms with Crippen molar-refractivity contribution in [3.05, 3.63) is 53.8 Å². The third-order valence-electron chi connectivity index (χ3n) is 4.49. The fourth-order valence-electron chi connectivity index (χ4n) is 3.09. The first-order chi connectivity index (χ1) is 12.1. The Kier molecular flexibility index (Phi) is 7.27. The van der Waals surface area contributed by atoms with Crippen molar-refractivity contribution in [2.45, 2.75) is 44.6 Å². The molecular weight excluding hydrogens is 355 g/mol. The fraction of sp³-hybridized carbons (Fsp3) is 0.350. The van der Waals surface area contributed by atoms with E-state index in [4.69, 9.17) is 10.5 Å². The van der Waals surface area contributed by atoms with E-state index < -0.39 is 5.82 Å². The van der Waals surface area contributed by atoms with Crippen LogP contribution in [0.4, 0.5) is 15.8 Å². The Morgan fingerprint density at radius 1 is 1.19 bits per heavy atom. The Morgan fingerprint density at radius 3 is 2.62 bits per heavy atom. The average molecular weight is 379 g/mol. The number of amides is 1. The number of benzene rings is 2. The quantitative estimate of drug-likeness (QED) is 0.714. The Balaban J connectivity index is 0.00000243. The summed E-state index contributed by atoms with van der Waals surface area (Å²) >= 11 is 0. The maximum atomic E-state index is 14.2. The molecule has 0 heterocycles. The summed E-state index contributed by atoms with van der Waals surface area (Å²) in [5, 5.41) is 2.72. The minimum Gasteiger partial charge on any atom is -0.487 e. The molecule has 0 atom stereocenters. The highest BCUT2D eigenvalue weighted by atomic mass is 35.5. The molecule has 3 rings (SSSR count). The molecule has 0 unspecified atom stereocenters. The number of anilines is 2. The van der Waals surface area contributed by atoms with Crippen molar-refractivity contribution in [2.24, 2.45) is 0 Å². The number of ether oxygens (including phenoxy) is 1. The average Bonchev–Trinajstić information content (AvgIpc) is 3.10. The molecule has 0 spiro atoms. The van der Waals surface area contributed by atoms with Gasteiger partial charge in [0.25, 0.3) is 0 Å². The zero-order valence-corrected chi connectivity index (χ0v) is 15.4. The maximum absolute atomic E-state index is 14.2. The Labute approximate surface area is 159 Å². The first kappa shape index (κ1) is 20.0. The van der Waals surface area contributed by atoms with E-state index in [0.717, 1.165) is 31.2 Å². The van der Waals surface area contributed by atoms with Gasteiger partial charge in [-0.15, -0.1) is 12.4 Å². The smallest absolute Gasteiger partial charge is 0.224 e. The van der Waals surface area contributed by atoms with Gasteiger partial charge in [0.1, 0.15) is 0 Å². The van der Waals surface area contributed by atoms with Crippen molar-refractivity contribution >= 4 is 29.7 Å². The molecule has 2 aromatic rings. The maximum Gasteiger partial charge on any atom is 0.224 e. The van der Waals surface area contributed by atoms with Crippen LogP contribution in [-0.2, 0) is 11.2 Å². The van der Waals surface area contributed by atoms with Crippen LogP contribution in [-0.4, -0.2) is 12.0 Å². The number of aryl methyl sites for hydroxylation is 1. The van der Waals surface area contributed by atoms with Gasteiger partial charge in [-0.2, -0.15) is 0 Å². The molecule has 0 aromatic heterocycles. The van der Waals surface area contributed by atoms with E-state index >= 15 is 0 Å². The van der Waals surface area contributed by atoms with Crippen molar-refractivity contribution in [1.82, 2.24) is 0 Å². The van der Waals surface area contributed by atoms with Crippen LogP contribution in [0.1, 0.15) is 37.7 Å². The number of nitrogens with one attached hydrogen (secondary N) is 1. The number of hydrogen-bond donors (Lipinski definition) is 2. The molecule has 2 aromatic carbocycles. The first-order valence-electron chi connectivity index (χ1n) is 8.71. The van der Waals surface area contributed by atoms with Gasteiger partial charge in [-0.05, 0) is 55.9 Å². The van der Waals surface area contributed by atoms with Crippen LogP contribution in [0.2, 0.25) is 0 Å². The number of hydrogen-bond acceptors (Lipinski definition) is 3. The molecule has 1 fully saturated rings. The molecule has 0 bridgehead atoms. The highest BCUT2D eigenvalue weighted by Crippen LogP contribution is 2.27. The number of carbonyl (C=O) groups excluding carboxylic acids is 1. The minimum absolute atomic E-state index is 0. The molecule has 1 aliphatic rings. The van der Waals surface area contributed by atoms with Gasteiger partial charge in [0.05, 0.1) is 6.10 Å². The lowest BCUT2D eigenvalue weighted by Gasteiger charge is -2.14. The Morgan fingerprint density at radius 2 is 1.92 bits per heavy atom. The lowest BCUT2D eigenvalue weighted by atomic mass is 10.1. The van der Waals surface area contributed by atoms with Crippen molar-refractivity contribution in [2.75, 3.05) is 11.1 Å². The molecule has 0 saturated heterocycles. The van der Waals surface area contributed by atoms with Crippen LogP contribution in [0.25, 0.3) is 0 Å². The van der Waals surface area contributed by atoms with Gasteiger partial charge < -0.3 is 15.8 Å². The third-order valence-corrected chi connectivity index (χ3v) is 4.49. The van der Waals surface area contributed by atoms with Gasteiger partial charge in [0.15, 0.2) is 11.6 Å². The summed E-state index contributed by atoms with van der Waals surface area (Å²) in [5.41, 5.74) is 7.91. The molecule has 0 radical (unpaired) electrons. The van der Waals surface area contributed by atoms with Crippen molar-refractivity contribution in [3.63, 3.8) is 0 Å². The molecule has 0 aliphatic heterocycles. The third kappa shape index (κ3) is 5.36. The molecule has 26 heavy (non-hydrogen) atoms. The summed E-state index contributed by atoms with van der Waals surface area (Å²) in [4.78, 5) is 12.1. The van der Waals surface area contributed by atoms with Gasteiger partial charge in [0.2, 0.25) is 5.91 Å². The summed E-state index contributed by atoms with van der Waals surface area (Å²) < 4.78 is 19.8. The molecule has 1 aliphatic carbocycles. The predicted octanol–water partition coefficient (Wildman–Crippen LogP) is 4.72. The Hall–Kier alpha value is -2.27. The van der Waals surface area contributed by atoms with Gasteiger partial charge in [-0.1, -0.05) is 18.2 Å². The molecular formula is C20H24ClFN2O2. The summed E-state index contributed by atoms with van der Waals surface area (Å²) in [6.45, 7) is 0. The zero-order valence-electron chi connectivity index (χ0n) is 14.5. The normalized spacial score (nSPS) is 13.9. The Bertz CT molecular complexity index is 748. The molecule has 1 saturated carbocycles. The van der Waals surface area contributed by atoms with E-state index in [1.54, 1.807) is 12.1 Å². The second-order valence-corrected chi connectivity index (χ2v) is 6.42. The van der Waals surface area contributed by atoms with Crippen LogP contribution >= 0.6 is 12.4 Å². The van der Waals surface area contributed by atoms with Crippen LogP contribution < -0.4 is 15.8 Å². The van der Waals surface area contributed by atoms with Crippen LogP contribution in [0.5, 0.6) is 5.75 Å². The van der Waals surface area contributed by atoms with Gasteiger partial charge in [-0.3, -0.25) is 4.79 Å². The van der Waals surface area contributed by atoms with E-state index in [9.17, 15) is 9.18 Å². The molecule has 140 valence electrons. The van der Waals surface area contributed by atoms with Gasteiger partial charge in [0, 0.05) is 23.9 Å². The largest absolute Gasteiger partial charge is 0.487 e. The highest BCUT2D eigenvalue weighted by molar-refractivity contribution is 5.91. The number of para-hydroxylation sites is 1. The van der Waals surface area contributed by atoms with Crippen LogP contribution in [0, 0.1) is 5.82 Å². The first-order valence-corrected chi connectivity index (χ1v) is 8.71. The monoisotopic (exact) mass is 378 g/mol. The molecule has 3 N–H and O–H groups in total. The summed E-state index contributed by atoms with van der Waals surface area (Å²) in [5.74, 6) is -0.369. The van der Waals surface area contributed by atoms with Gasteiger partial charge >= 0.3 is 0 Å². The summed E-state index contributed by atoms with van der Waals surface area (Å²) in [7, 11) is 0. The van der Waals surface area contributed by atoms with E-state index in [-0.39, 0.29) is 36.6 Å². The molecule has 6 heteroatoms. The SMILES string of the molecule is Cl.Nc1ccccc1CCC(=O)Nc1ccc(OC2CCCC2)c(F)c1. The van der Waals surface area contributed by atoms with Crippen LogP contribution in [0.15, 0.2) is 42.5 Å². The van der Waals surface area contributed by atoms with E-state index in [2.05, 4.69) is 5.32 Å². The molecule has 4 nitrogen and oxygen atoms in total. The highest BCUT2D eigenvalue weighted by Gasteiger charge is 2.18. The topological polar surface area (TPSA) is 64.4 Å². The second-order valence-electron chi connectivity index (χ2n) is 6.42. The van der Waals surface area contributed by atoms with Crippen LogP contribution in [0.3, 0.4) is 0 Å². The standard InChI is InChI=1S/C20H23FN2O2.ClH/c21-17-13-15(10-11-19(17)25-16-6-2-3-7-16)23-20(24)12-9-14-5-1-4-8-18(14)22;/h1,4-5,8,10-11,13,16H,2-3,6-7,9,12,22H2,(H,23,24);1H. The predicted molar refractivity (Wildman–Crippen MR) is 104 cm³/mol. The number of rotatable bonds is 6. The summed E-state index contributed by atoms with van der Waals surface area (Å²) in [6, 6.07) is 12.0.